The average molecular weight is 238 g/mol. The molecule has 16 heavy (non-hydrogen) atoms. The van der Waals surface area contributed by atoms with E-state index in [9.17, 15) is 0 Å². The Morgan fingerprint density at radius 1 is 1.44 bits per heavy atom. The van der Waals surface area contributed by atoms with Gasteiger partial charge in [-0.2, -0.15) is 0 Å². The lowest BCUT2D eigenvalue weighted by atomic mass is 9.83. The maximum Gasteiger partial charge on any atom is 0.0934 e. The van der Waals surface area contributed by atoms with Crippen LogP contribution in [-0.4, -0.2) is 18.1 Å². The average Bonchev–Trinajstić information content (AvgIpc) is 2.87. The van der Waals surface area contributed by atoms with Gasteiger partial charge >= 0.3 is 0 Å². The molecule has 0 unspecified atom stereocenters. The summed E-state index contributed by atoms with van der Waals surface area (Å²) in [5, 5.41) is 7.04. The molecule has 1 aliphatic rings. The van der Waals surface area contributed by atoms with E-state index in [0.717, 1.165) is 6.54 Å². The maximum absolute atomic E-state index is 4.62. The van der Waals surface area contributed by atoms with Crippen LogP contribution in [0, 0.1) is 12.3 Å². The van der Waals surface area contributed by atoms with Crippen LogP contribution in [0.15, 0.2) is 5.38 Å². The van der Waals surface area contributed by atoms with Crippen LogP contribution in [0.1, 0.15) is 43.3 Å². The van der Waals surface area contributed by atoms with Crippen molar-refractivity contribution in [3.05, 3.63) is 16.1 Å². The topological polar surface area (TPSA) is 24.9 Å². The Morgan fingerprint density at radius 2 is 2.19 bits per heavy atom. The van der Waals surface area contributed by atoms with E-state index in [1.807, 2.05) is 11.3 Å². The van der Waals surface area contributed by atoms with Crippen LogP contribution in [0.2, 0.25) is 0 Å². The minimum Gasteiger partial charge on any atom is -0.316 e. The molecule has 1 aromatic rings. The van der Waals surface area contributed by atoms with Crippen LogP contribution in [-0.2, 0) is 6.42 Å². The minimum atomic E-state index is 0.500. The normalized spacial score (nSPS) is 19.1. The maximum atomic E-state index is 4.62. The Labute approximate surface area is 102 Å². The third kappa shape index (κ3) is 2.83. The second-order valence-corrected chi connectivity index (χ2v) is 5.99. The standard InChI is InChI=1S/C13H22N2S/c1-3-14-10-13(6-4-5-7-13)8-12-15-11(2)9-16-12/h9,14H,3-8,10H2,1-2H3. The van der Waals surface area contributed by atoms with Crippen molar-refractivity contribution in [2.45, 2.75) is 46.0 Å². The molecule has 1 N–H and O–H groups in total. The second-order valence-electron chi connectivity index (χ2n) is 5.05. The third-order valence-electron chi connectivity index (χ3n) is 3.61. The molecule has 0 saturated heterocycles. The van der Waals surface area contributed by atoms with Crippen molar-refractivity contribution in [2.75, 3.05) is 13.1 Å². The Bertz CT molecular complexity index is 326. The fraction of sp³-hybridized carbons (Fsp3) is 0.769. The molecule has 2 nitrogen and oxygen atoms in total. The lowest BCUT2D eigenvalue weighted by Crippen LogP contribution is -2.33. The highest BCUT2D eigenvalue weighted by atomic mass is 32.1. The molecule has 0 atom stereocenters. The summed E-state index contributed by atoms with van der Waals surface area (Å²) < 4.78 is 0. The van der Waals surface area contributed by atoms with E-state index >= 15 is 0 Å². The fourth-order valence-corrected chi connectivity index (χ4v) is 3.68. The summed E-state index contributed by atoms with van der Waals surface area (Å²) in [5.41, 5.74) is 1.68. The van der Waals surface area contributed by atoms with Gasteiger partial charge in [-0.3, -0.25) is 0 Å². The number of aryl methyl sites for hydroxylation is 1. The molecule has 1 saturated carbocycles. The number of aromatic nitrogens is 1. The Hall–Kier alpha value is -0.410. The first-order valence-corrected chi connectivity index (χ1v) is 7.24. The molecule has 2 rings (SSSR count). The molecule has 0 aromatic carbocycles. The number of nitrogens with zero attached hydrogens (tertiary/aromatic N) is 1. The predicted molar refractivity (Wildman–Crippen MR) is 70.0 cm³/mol. The van der Waals surface area contributed by atoms with Gasteiger partial charge in [0.15, 0.2) is 0 Å². The van der Waals surface area contributed by atoms with Gasteiger partial charge in [0, 0.05) is 24.0 Å². The predicted octanol–water partition coefficient (Wildman–Crippen LogP) is 3.16. The number of nitrogens with one attached hydrogen (secondary N) is 1. The summed E-state index contributed by atoms with van der Waals surface area (Å²) in [6.07, 6.45) is 6.72. The van der Waals surface area contributed by atoms with Crippen LogP contribution in [0.3, 0.4) is 0 Å². The highest BCUT2D eigenvalue weighted by Gasteiger charge is 2.34. The molecular formula is C13H22N2S. The number of hydrogen-bond acceptors (Lipinski definition) is 3. The highest BCUT2D eigenvalue weighted by molar-refractivity contribution is 7.09. The van der Waals surface area contributed by atoms with Crippen molar-refractivity contribution < 1.29 is 0 Å². The van der Waals surface area contributed by atoms with Crippen LogP contribution < -0.4 is 5.32 Å². The van der Waals surface area contributed by atoms with E-state index in [2.05, 4.69) is 29.5 Å². The van der Waals surface area contributed by atoms with Gasteiger partial charge in [0.25, 0.3) is 0 Å². The molecular weight excluding hydrogens is 216 g/mol. The van der Waals surface area contributed by atoms with Crippen molar-refractivity contribution >= 4 is 11.3 Å². The molecule has 0 spiro atoms. The molecule has 0 radical (unpaired) electrons. The van der Waals surface area contributed by atoms with Gasteiger partial charge in [-0.05, 0) is 31.7 Å². The van der Waals surface area contributed by atoms with E-state index in [4.69, 9.17) is 0 Å². The molecule has 1 heterocycles. The van der Waals surface area contributed by atoms with Crippen LogP contribution in [0.25, 0.3) is 0 Å². The lowest BCUT2D eigenvalue weighted by Gasteiger charge is -2.28. The van der Waals surface area contributed by atoms with Crippen LogP contribution in [0.5, 0.6) is 0 Å². The summed E-state index contributed by atoms with van der Waals surface area (Å²) in [4.78, 5) is 4.62. The zero-order valence-corrected chi connectivity index (χ0v) is 11.2. The number of thiazole rings is 1. The highest BCUT2D eigenvalue weighted by Crippen LogP contribution is 2.40. The second kappa shape index (κ2) is 5.28. The van der Waals surface area contributed by atoms with Crippen LogP contribution in [0.4, 0.5) is 0 Å². The quantitative estimate of drug-likeness (QED) is 0.852. The van der Waals surface area contributed by atoms with Gasteiger partial charge < -0.3 is 5.32 Å². The van der Waals surface area contributed by atoms with E-state index in [-0.39, 0.29) is 0 Å². The smallest absolute Gasteiger partial charge is 0.0934 e. The molecule has 3 heteroatoms. The molecule has 90 valence electrons. The third-order valence-corrected chi connectivity index (χ3v) is 4.57. The molecule has 0 aliphatic heterocycles. The van der Waals surface area contributed by atoms with Gasteiger partial charge in [-0.25, -0.2) is 4.98 Å². The van der Waals surface area contributed by atoms with Crippen molar-refractivity contribution in [3.8, 4) is 0 Å². The number of rotatable bonds is 5. The minimum absolute atomic E-state index is 0.500. The number of hydrogen-bond donors (Lipinski definition) is 1. The summed E-state index contributed by atoms with van der Waals surface area (Å²) in [6.45, 7) is 6.53. The van der Waals surface area contributed by atoms with E-state index in [1.54, 1.807) is 0 Å². The van der Waals surface area contributed by atoms with Gasteiger partial charge in [0.1, 0.15) is 0 Å². The Balaban J connectivity index is 2.02. The van der Waals surface area contributed by atoms with E-state index < -0.39 is 0 Å². The Kier molecular flexibility index (Phi) is 3.98. The zero-order chi connectivity index (χ0) is 11.4. The monoisotopic (exact) mass is 238 g/mol. The van der Waals surface area contributed by atoms with Gasteiger partial charge in [0.2, 0.25) is 0 Å². The first-order chi connectivity index (χ1) is 7.74. The summed E-state index contributed by atoms with van der Waals surface area (Å²) >= 11 is 1.83. The first-order valence-electron chi connectivity index (χ1n) is 6.36. The van der Waals surface area contributed by atoms with Crippen molar-refractivity contribution in [2.24, 2.45) is 5.41 Å². The van der Waals surface area contributed by atoms with Crippen molar-refractivity contribution in [3.63, 3.8) is 0 Å². The van der Waals surface area contributed by atoms with E-state index in [0.29, 0.717) is 5.41 Å². The molecule has 0 amide bonds. The van der Waals surface area contributed by atoms with E-state index in [1.165, 1.54) is 49.4 Å². The largest absolute Gasteiger partial charge is 0.316 e. The molecule has 1 aromatic heterocycles. The first kappa shape index (κ1) is 12.1. The summed E-state index contributed by atoms with van der Waals surface area (Å²) in [7, 11) is 0. The van der Waals surface area contributed by atoms with Crippen molar-refractivity contribution in [1.82, 2.24) is 10.3 Å². The summed E-state index contributed by atoms with van der Waals surface area (Å²) in [6, 6.07) is 0. The van der Waals surface area contributed by atoms with Gasteiger partial charge in [-0.1, -0.05) is 19.8 Å². The molecule has 1 aliphatic carbocycles. The van der Waals surface area contributed by atoms with Crippen molar-refractivity contribution in [1.29, 1.82) is 0 Å². The van der Waals surface area contributed by atoms with Gasteiger partial charge in [0.05, 0.1) is 5.01 Å². The Morgan fingerprint density at radius 3 is 2.75 bits per heavy atom. The molecule has 0 bridgehead atoms. The summed E-state index contributed by atoms with van der Waals surface area (Å²) in [5.74, 6) is 0. The fourth-order valence-electron chi connectivity index (χ4n) is 2.74. The zero-order valence-electron chi connectivity index (χ0n) is 10.4. The van der Waals surface area contributed by atoms with Gasteiger partial charge in [-0.15, -0.1) is 11.3 Å². The SMILES string of the molecule is CCNCC1(Cc2nc(C)cs2)CCCC1. The lowest BCUT2D eigenvalue weighted by molar-refractivity contribution is 0.280. The van der Waals surface area contributed by atoms with Crippen LogP contribution >= 0.6 is 11.3 Å². The molecule has 1 fully saturated rings.